The van der Waals surface area contributed by atoms with E-state index in [2.05, 4.69) is 55.6 Å². The quantitative estimate of drug-likeness (QED) is 0.0243. The molecule has 3 unspecified atom stereocenters. The van der Waals surface area contributed by atoms with Gasteiger partial charge < -0.3 is 19.8 Å². The third-order valence-corrected chi connectivity index (χ3v) is 16.5. The number of quaternary nitrogens is 1. The zero-order valence-corrected chi connectivity index (χ0v) is 53.6. The highest BCUT2D eigenvalue weighted by molar-refractivity contribution is 7.47. The first-order valence-corrected chi connectivity index (χ1v) is 35.5. The first-order chi connectivity index (χ1) is 38.0. The number of rotatable bonds is 63. The molecule has 0 bridgehead atoms. The molecule has 0 aliphatic rings. The summed E-state index contributed by atoms with van der Waals surface area (Å²) >= 11 is 0. The van der Waals surface area contributed by atoms with Gasteiger partial charge in [0.1, 0.15) is 13.2 Å². The molecular weight excluding hydrogens is 984 g/mol. The van der Waals surface area contributed by atoms with E-state index in [9.17, 15) is 19.4 Å². The molecule has 1 amide bonds. The van der Waals surface area contributed by atoms with Gasteiger partial charge in [0.2, 0.25) is 5.91 Å². The average molecular weight is 1120 g/mol. The fraction of sp³-hybridized carbons (Fsp3) is 0.870. The molecular formula is C69H134N2O6P+. The highest BCUT2D eigenvalue weighted by Gasteiger charge is 2.28. The van der Waals surface area contributed by atoms with Crippen molar-refractivity contribution in [3.8, 4) is 0 Å². The lowest BCUT2D eigenvalue weighted by Crippen LogP contribution is -2.45. The van der Waals surface area contributed by atoms with E-state index in [1.54, 1.807) is 6.08 Å². The number of nitrogens with zero attached hydrogens (tertiary/aromatic N) is 1. The number of likely N-dealkylation sites (N-methyl/N-ethyl adjacent to an activating group) is 1. The highest BCUT2D eigenvalue weighted by atomic mass is 31.2. The minimum atomic E-state index is -4.36. The van der Waals surface area contributed by atoms with Gasteiger partial charge in [0.25, 0.3) is 0 Å². The topological polar surface area (TPSA) is 105 Å². The molecule has 0 aliphatic heterocycles. The summed E-state index contributed by atoms with van der Waals surface area (Å²) in [5.74, 6) is -0.186. The number of nitrogens with one attached hydrogen (secondary N) is 1. The lowest BCUT2D eigenvalue weighted by atomic mass is 10.0. The second-order valence-electron chi connectivity index (χ2n) is 24.5. The number of carbonyl (C=O) groups is 1. The zero-order valence-electron chi connectivity index (χ0n) is 52.7. The molecule has 0 saturated carbocycles. The van der Waals surface area contributed by atoms with Crippen molar-refractivity contribution in [2.24, 2.45) is 0 Å². The largest absolute Gasteiger partial charge is 0.472 e. The van der Waals surface area contributed by atoms with Gasteiger partial charge in [-0.2, -0.15) is 0 Å². The second kappa shape index (κ2) is 60.1. The van der Waals surface area contributed by atoms with Gasteiger partial charge in [-0.05, 0) is 70.6 Å². The van der Waals surface area contributed by atoms with Crippen molar-refractivity contribution in [2.75, 3.05) is 40.9 Å². The summed E-state index contributed by atoms with van der Waals surface area (Å²) in [5.41, 5.74) is 0. The predicted molar refractivity (Wildman–Crippen MR) is 341 cm³/mol. The maximum atomic E-state index is 13.0. The second-order valence-corrected chi connectivity index (χ2v) is 26.0. The van der Waals surface area contributed by atoms with Gasteiger partial charge in [-0.15, -0.1) is 0 Å². The fourth-order valence-corrected chi connectivity index (χ4v) is 10.9. The summed E-state index contributed by atoms with van der Waals surface area (Å²) < 4.78 is 23.8. The van der Waals surface area contributed by atoms with Gasteiger partial charge in [-0.1, -0.05) is 306 Å². The number of hydrogen-bond donors (Lipinski definition) is 3. The van der Waals surface area contributed by atoms with Gasteiger partial charge in [-0.25, -0.2) is 4.57 Å². The number of amides is 1. The average Bonchev–Trinajstić information content (AvgIpc) is 3.41. The lowest BCUT2D eigenvalue weighted by Gasteiger charge is -2.25. The van der Waals surface area contributed by atoms with Crippen LogP contribution in [0.3, 0.4) is 0 Å². The summed E-state index contributed by atoms with van der Waals surface area (Å²) in [6, 6.07) is -0.871. The molecule has 0 saturated heterocycles. The van der Waals surface area contributed by atoms with Crippen molar-refractivity contribution in [2.45, 2.75) is 347 Å². The number of phosphoric acid groups is 1. The van der Waals surface area contributed by atoms with E-state index in [-0.39, 0.29) is 19.1 Å². The summed E-state index contributed by atoms with van der Waals surface area (Å²) in [6.07, 6.45) is 81.2. The number of hydrogen-bond acceptors (Lipinski definition) is 5. The molecule has 0 aromatic carbocycles. The monoisotopic (exact) mass is 1120 g/mol. The number of allylic oxidation sites excluding steroid dienone is 7. The minimum absolute atomic E-state index is 0.0541. The Morgan fingerprint density at radius 1 is 0.423 bits per heavy atom. The number of unbranched alkanes of at least 4 members (excludes halogenated alkanes) is 44. The molecule has 0 rings (SSSR count). The minimum Gasteiger partial charge on any atom is -0.387 e. The first-order valence-electron chi connectivity index (χ1n) is 34.0. The summed E-state index contributed by atoms with van der Waals surface area (Å²) in [5, 5.41) is 14.0. The maximum absolute atomic E-state index is 13.0. The van der Waals surface area contributed by atoms with Crippen LogP contribution in [0.25, 0.3) is 0 Å². The number of aliphatic hydroxyl groups is 1. The van der Waals surface area contributed by atoms with Crippen molar-refractivity contribution < 1.29 is 32.9 Å². The summed E-state index contributed by atoms with van der Waals surface area (Å²) in [7, 11) is 1.56. The van der Waals surface area contributed by atoms with E-state index in [0.29, 0.717) is 17.4 Å². The van der Waals surface area contributed by atoms with Crippen LogP contribution >= 0.6 is 7.82 Å². The number of carbonyl (C=O) groups excluding carboxylic acids is 1. The smallest absolute Gasteiger partial charge is 0.387 e. The molecule has 0 aromatic heterocycles. The Balaban J connectivity index is 4.05. The van der Waals surface area contributed by atoms with Crippen molar-refractivity contribution in [3.63, 3.8) is 0 Å². The Bertz CT molecular complexity index is 1410. The SMILES string of the molecule is CCCCCCCCCCCCC/C=C/CC/C=C/CC/C=C/C(O)C(COP(=O)(O)OCC[N+](C)(C)C)NC(=O)CCCCCCCCCCCCCCCCCCC/C=C\CCCCCCCCCCCCCCCC. The van der Waals surface area contributed by atoms with Crippen LogP contribution in [0.1, 0.15) is 335 Å². The third-order valence-electron chi connectivity index (χ3n) is 15.5. The van der Waals surface area contributed by atoms with Crippen molar-refractivity contribution in [1.82, 2.24) is 5.32 Å². The number of phosphoric ester groups is 1. The van der Waals surface area contributed by atoms with Crippen LogP contribution in [0, 0.1) is 0 Å². The fourth-order valence-electron chi connectivity index (χ4n) is 10.2. The van der Waals surface area contributed by atoms with Crippen LogP contribution < -0.4 is 5.32 Å². The summed E-state index contributed by atoms with van der Waals surface area (Å²) in [6.45, 7) is 4.83. The number of aliphatic hydroxyl groups excluding tert-OH is 1. The maximum Gasteiger partial charge on any atom is 0.472 e. The molecule has 0 heterocycles. The van der Waals surface area contributed by atoms with Gasteiger partial charge >= 0.3 is 7.82 Å². The molecule has 0 aliphatic carbocycles. The van der Waals surface area contributed by atoms with Crippen LogP contribution in [0.4, 0.5) is 0 Å². The van der Waals surface area contributed by atoms with Crippen LogP contribution in [0.2, 0.25) is 0 Å². The van der Waals surface area contributed by atoms with Crippen LogP contribution in [-0.2, 0) is 18.4 Å². The van der Waals surface area contributed by atoms with Crippen LogP contribution in [0.5, 0.6) is 0 Å². The highest BCUT2D eigenvalue weighted by Crippen LogP contribution is 2.43. The van der Waals surface area contributed by atoms with Gasteiger partial charge in [0.05, 0.1) is 39.9 Å². The van der Waals surface area contributed by atoms with E-state index < -0.39 is 20.0 Å². The molecule has 8 nitrogen and oxygen atoms in total. The summed E-state index contributed by atoms with van der Waals surface area (Å²) in [4.78, 5) is 23.4. The first kappa shape index (κ1) is 76.5. The molecule has 3 N–H and O–H groups in total. The van der Waals surface area contributed by atoms with Crippen molar-refractivity contribution in [3.05, 3.63) is 48.6 Å². The normalized spacial score (nSPS) is 14.0. The van der Waals surface area contributed by atoms with Crippen LogP contribution in [0.15, 0.2) is 48.6 Å². The molecule has 78 heavy (non-hydrogen) atoms. The molecule has 0 fully saturated rings. The Labute approximate surface area is 486 Å². The third kappa shape index (κ3) is 62.1. The predicted octanol–water partition coefficient (Wildman–Crippen LogP) is 21.4. The van der Waals surface area contributed by atoms with E-state index in [4.69, 9.17) is 9.05 Å². The van der Waals surface area contributed by atoms with Gasteiger partial charge in [-0.3, -0.25) is 13.8 Å². The molecule has 3 atom stereocenters. The van der Waals surface area contributed by atoms with E-state index in [1.807, 2.05) is 27.2 Å². The van der Waals surface area contributed by atoms with E-state index >= 15 is 0 Å². The Morgan fingerprint density at radius 2 is 0.705 bits per heavy atom. The van der Waals surface area contributed by atoms with E-state index in [0.717, 1.165) is 44.9 Å². The molecule has 9 heteroatoms. The van der Waals surface area contributed by atoms with E-state index in [1.165, 1.54) is 270 Å². The molecule has 0 spiro atoms. The Kier molecular flexibility index (Phi) is 58.9. The molecule has 0 aromatic rings. The van der Waals surface area contributed by atoms with Gasteiger partial charge in [0, 0.05) is 6.42 Å². The van der Waals surface area contributed by atoms with Crippen molar-refractivity contribution >= 4 is 13.7 Å². The van der Waals surface area contributed by atoms with Crippen LogP contribution in [-0.4, -0.2) is 73.4 Å². The molecule has 460 valence electrons. The zero-order chi connectivity index (χ0) is 57.0. The lowest BCUT2D eigenvalue weighted by molar-refractivity contribution is -0.870. The Hall–Kier alpha value is -1.54. The standard InChI is InChI=1S/C69H133N2O6P/c1-6-8-10-12-14-16-18-20-22-24-26-28-29-30-31-32-33-34-35-36-37-38-39-40-41-43-45-47-49-51-53-55-57-59-61-63-69(73)70-67(66-77-78(74,75)76-65-64-71(3,4)5)68(72)62-60-58-56-54-52-50-48-46-44-42-27-25-23-21-19-17-15-13-11-9-7-2/h32-33,44,46,52,54,60,62,67-68,72H,6-31,34-43,45,47-51,53,55-59,61,63-66H2,1-5H3,(H-,70,73,74,75)/p+1/b33-32-,46-44+,54-52+,62-60+. The van der Waals surface area contributed by atoms with Gasteiger partial charge in [0.15, 0.2) is 0 Å². The molecule has 0 radical (unpaired) electrons. The van der Waals surface area contributed by atoms with Crippen molar-refractivity contribution in [1.29, 1.82) is 0 Å². The Morgan fingerprint density at radius 3 is 1.03 bits per heavy atom.